The molecule has 2 N–H and O–H groups in total. The number of carbonyl (C=O) groups excluding carboxylic acids is 2. The summed E-state index contributed by atoms with van der Waals surface area (Å²) in [6.07, 6.45) is -3.63. The van der Waals surface area contributed by atoms with Gasteiger partial charge in [0.25, 0.3) is 0 Å². The summed E-state index contributed by atoms with van der Waals surface area (Å²) in [5.41, 5.74) is -1.37. The Balaban J connectivity index is 2.23. The number of hydrogen-bond acceptors (Lipinski definition) is 4. The predicted molar refractivity (Wildman–Crippen MR) is 49.0 cm³/mol. The van der Waals surface area contributed by atoms with E-state index in [0.717, 1.165) is 6.33 Å². The normalized spacial score (nSPS) is 14.6. The molecule has 0 saturated heterocycles. The van der Waals surface area contributed by atoms with E-state index in [-0.39, 0.29) is 11.4 Å². The lowest BCUT2D eigenvalue weighted by Gasteiger charge is -2.06. The van der Waals surface area contributed by atoms with E-state index in [0.29, 0.717) is 0 Å². The summed E-state index contributed by atoms with van der Waals surface area (Å²) in [6.45, 7) is 0. The van der Waals surface area contributed by atoms with Gasteiger partial charge >= 0.3 is 6.18 Å². The lowest BCUT2D eigenvalue weighted by atomic mass is 10.00. The van der Waals surface area contributed by atoms with Crippen molar-refractivity contribution in [3.05, 3.63) is 34.9 Å². The smallest absolute Gasteiger partial charge is 0.341 e. The Morgan fingerprint density at radius 2 is 1.72 bits per heavy atom. The summed E-state index contributed by atoms with van der Waals surface area (Å²) >= 11 is 0. The number of hydrogen-bond donors (Lipinski definition) is 2. The second-order valence-electron chi connectivity index (χ2n) is 3.59. The van der Waals surface area contributed by atoms with E-state index in [2.05, 4.69) is 15.0 Å². The molecule has 0 aliphatic heterocycles. The number of carbonyl (C=O) groups is 2. The monoisotopic (exact) mass is 256 g/mol. The minimum atomic E-state index is -4.75. The molecule has 2 heterocycles. The molecule has 1 aliphatic carbocycles. The van der Waals surface area contributed by atoms with Crippen molar-refractivity contribution in [2.24, 2.45) is 0 Å². The van der Waals surface area contributed by atoms with Gasteiger partial charge in [-0.2, -0.15) is 13.2 Å². The average Bonchev–Trinajstić information content (AvgIpc) is 2.91. The summed E-state index contributed by atoms with van der Waals surface area (Å²) in [5.74, 6) is -2.95. The SMILES string of the molecule is O=C1c2nc(C(F)(F)F)[nH]c2C(=O)c2nc[nH]c21. The van der Waals surface area contributed by atoms with Crippen molar-refractivity contribution in [3.63, 3.8) is 0 Å². The highest BCUT2D eigenvalue weighted by molar-refractivity contribution is 6.25. The van der Waals surface area contributed by atoms with Crippen LogP contribution in [0.2, 0.25) is 0 Å². The number of rotatable bonds is 0. The topological polar surface area (TPSA) is 91.5 Å². The van der Waals surface area contributed by atoms with E-state index >= 15 is 0 Å². The fourth-order valence-corrected chi connectivity index (χ4v) is 1.71. The molecule has 92 valence electrons. The Kier molecular flexibility index (Phi) is 1.82. The average molecular weight is 256 g/mol. The van der Waals surface area contributed by atoms with Gasteiger partial charge in [0, 0.05) is 0 Å². The van der Waals surface area contributed by atoms with Gasteiger partial charge in [0.05, 0.1) is 6.33 Å². The molecule has 2 aromatic heterocycles. The van der Waals surface area contributed by atoms with E-state index in [1.165, 1.54) is 0 Å². The van der Waals surface area contributed by atoms with Crippen molar-refractivity contribution in [2.45, 2.75) is 6.18 Å². The van der Waals surface area contributed by atoms with E-state index in [4.69, 9.17) is 0 Å². The van der Waals surface area contributed by atoms with Gasteiger partial charge in [-0.3, -0.25) is 9.59 Å². The van der Waals surface area contributed by atoms with Crippen molar-refractivity contribution in [2.75, 3.05) is 0 Å². The Hall–Kier alpha value is -2.45. The number of nitrogens with zero attached hydrogens (tertiary/aromatic N) is 2. The van der Waals surface area contributed by atoms with E-state index in [9.17, 15) is 22.8 Å². The molecule has 0 radical (unpaired) electrons. The van der Waals surface area contributed by atoms with Crippen LogP contribution in [0.15, 0.2) is 6.33 Å². The maximum absolute atomic E-state index is 12.4. The van der Waals surface area contributed by atoms with Crippen LogP contribution in [0.5, 0.6) is 0 Å². The molecule has 0 spiro atoms. The van der Waals surface area contributed by atoms with E-state index in [1.54, 1.807) is 0 Å². The number of imidazole rings is 2. The highest BCUT2D eigenvalue weighted by atomic mass is 19.4. The van der Waals surface area contributed by atoms with Crippen LogP contribution in [-0.4, -0.2) is 31.5 Å². The molecule has 6 nitrogen and oxygen atoms in total. The first-order chi connectivity index (χ1) is 8.39. The molecular formula is C9H3F3N4O2. The van der Waals surface area contributed by atoms with Gasteiger partial charge in [-0.25, -0.2) is 9.97 Å². The number of nitrogens with one attached hydrogen (secondary N) is 2. The highest BCUT2D eigenvalue weighted by Crippen LogP contribution is 2.30. The number of alkyl halides is 3. The molecule has 0 bridgehead atoms. The minimum Gasteiger partial charge on any atom is -0.341 e. The minimum absolute atomic E-state index is 0.146. The fraction of sp³-hybridized carbons (Fsp3) is 0.111. The zero-order chi connectivity index (χ0) is 13.1. The summed E-state index contributed by atoms with van der Waals surface area (Å²) in [5, 5.41) is 0. The Bertz CT molecular complexity index is 634. The number of H-pyrrole nitrogens is 2. The van der Waals surface area contributed by atoms with Gasteiger partial charge in [0.2, 0.25) is 17.4 Å². The van der Waals surface area contributed by atoms with Crippen LogP contribution in [-0.2, 0) is 6.18 Å². The van der Waals surface area contributed by atoms with Crippen LogP contribution in [0.1, 0.15) is 38.2 Å². The first-order valence-corrected chi connectivity index (χ1v) is 4.69. The van der Waals surface area contributed by atoms with Crippen molar-refractivity contribution in [3.8, 4) is 0 Å². The van der Waals surface area contributed by atoms with Gasteiger partial charge in [-0.15, -0.1) is 0 Å². The fourth-order valence-electron chi connectivity index (χ4n) is 1.71. The zero-order valence-electron chi connectivity index (χ0n) is 8.42. The second-order valence-corrected chi connectivity index (χ2v) is 3.59. The van der Waals surface area contributed by atoms with Crippen LogP contribution in [0.3, 0.4) is 0 Å². The molecule has 3 rings (SSSR count). The molecule has 0 unspecified atom stereocenters. The third kappa shape index (κ3) is 1.24. The number of aromatic nitrogens is 4. The second kappa shape index (κ2) is 3.06. The van der Waals surface area contributed by atoms with Gasteiger partial charge in [0.15, 0.2) is 0 Å². The lowest BCUT2D eigenvalue weighted by Crippen LogP contribution is -2.20. The molecule has 0 saturated carbocycles. The number of halogens is 3. The van der Waals surface area contributed by atoms with Gasteiger partial charge in [0.1, 0.15) is 22.8 Å². The van der Waals surface area contributed by atoms with Crippen LogP contribution in [0.4, 0.5) is 13.2 Å². The molecule has 9 heteroatoms. The Morgan fingerprint density at radius 3 is 2.39 bits per heavy atom. The molecule has 0 atom stereocenters. The lowest BCUT2D eigenvalue weighted by molar-refractivity contribution is -0.144. The van der Waals surface area contributed by atoms with Crippen LogP contribution in [0, 0.1) is 0 Å². The van der Waals surface area contributed by atoms with Crippen molar-refractivity contribution in [1.82, 2.24) is 19.9 Å². The quantitative estimate of drug-likeness (QED) is 0.625. The Morgan fingerprint density at radius 1 is 1.06 bits per heavy atom. The molecule has 2 aromatic rings. The number of fused-ring (bicyclic) bond motifs is 2. The van der Waals surface area contributed by atoms with Gasteiger partial charge in [-0.05, 0) is 0 Å². The molecule has 1 aliphatic rings. The van der Waals surface area contributed by atoms with E-state index in [1.807, 2.05) is 4.98 Å². The largest absolute Gasteiger partial charge is 0.449 e. The first-order valence-electron chi connectivity index (χ1n) is 4.69. The Labute approximate surface area is 96.3 Å². The zero-order valence-corrected chi connectivity index (χ0v) is 8.42. The third-order valence-electron chi connectivity index (χ3n) is 2.50. The number of ketones is 2. The molecule has 0 fully saturated rings. The molecule has 0 amide bonds. The summed E-state index contributed by atoms with van der Waals surface area (Å²) in [7, 11) is 0. The van der Waals surface area contributed by atoms with Crippen molar-refractivity contribution in [1.29, 1.82) is 0 Å². The maximum Gasteiger partial charge on any atom is 0.449 e. The summed E-state index contributed by atoms with van der Waals surface area (Å²) in [4.78, 5) is 34.5. The van der Waals surface area contributed by atoms with Crippen LogP contribution in [0.25, 0.3) is 0 Å². The third-order valence-corrected chi connectivity index (χ3v) is 2.50. The van der Waals surface area contributed by atoms with Crippen molar-refractivity contribution >= 4 is 11.6 Å². The predicted octanol–water partition coefficient (Wildman–Crippen LogP) is 0.927. The molecule has 18 heavy (non-hydrogen) atoms. The summed E-state index contributed by atoms with van der Waals surface area (Å²) < 4.78 is 37.3. The highest BCUT2D eigenvalue weighted by Gasteiger charge is 2.41. The van der Waals surface area contributed by atoms with Crippen molar-refractivity contribution < 1.29 is 22.8 Å². The van der Waals surface area contributed by atoms with Gasteiger partial charge in [-0.1, -0.05) is 0 Å². The molecular weight excluding hydrogens is 253 g/mol. The van der Waals surface area contributed by atoms with Crippen LogP contribution < -0.4 is 0 Å². The standard InChI is InChI=1S/C9H3F3N4O2/c10-9(11,12)8-15-4-5(16-8)7(18)3-2(6(4)17)13-1-14-3/h1H,(H,13,14)(H,15,16). The first kappa shape index (κ1) is 10.7. The van der Waals surface area contributed by atoms with E-state index < -0.39 is 35.0 Å². The van der Waals surface area contributed by atoms with Gasteiger partial charge < -0.3 is 9.97 Å². The summed E-state index contributed by atoms with van der Waals surface area (Å²) in [6, 6.07) is 0. The van der Waals surface area contributed by atoms with Crippen LogP contribution >= 0.6 is 0 Å². The molecule has 0 aromatic carbocycles. The number of aromatic amines is 2. The maximum atomic E-state index is 12.4.